The van der Waals surface area contributed by atoms with Crippen molar-refractivity contribution in [3.8, 4) is 11.4 Å². The second-order valence-corrected chi connectivity index (χ2v) is 12.3. The number of hydrogen-bond donors (Lipinski definition) is 2. The molecule has 0 radical (unpaired) electrons. The molecule has 0 spiro atoms. The van der Waals surface area contributed by atoms with Crippen molar-refractivity contribution >= 4 is 34.3 Å². The van der Waals surface area contributed by atoms with Gasteiger partial charge >= 0.3 is 0 Å². The normalized spacial score (nSPS) is 18.6. The minimum absolute atomic E-state index is 0.000132. The molecule has 7 rings (SSSR count). The van der Waals surface area contributed by atoms with E-state index in [1.54, 1.807) is 0 Å². The molecule has 2 aromatic carbocycles. The monoisotopic (exact) mass is 535 g/mol. The number of imide groups is 1. The van der Waals surface area contributed by atoms with Gasteiger partial charge in [-0.25, -0.2) is 0 Å². The van der Waals surface area contributed by atoms with Gasteiger partial charge in [0.05, 0.1) is 11.4 Å². The number of hydrogen-bond acceptors (Lipinski definition) is 4. The van der Waals surface area contributed by atoms with E-state index >= 15 is 0 Å². The van der Waals surface area contributed by atoms with Crippen LogP contribution in [0.1, 0.15) is 72.3 Å². The van der Waals surface area contributed by atoms with Gasteiger partial charge in [-0.2, -0.15) is 5.10 Å². The number of rotatable bonds is 3. The third kappa shape index (κ3) is 4.22. The number of carbonyl (C=O) groups excluding carboxylic acids is 3. The third-order valence-corrected chi connectivity index (χ3v) is 8.81. The van der Waals surface area contributed by atoms with Crippen molar-refractivity contribution < 1.29 is 14.4 Å². The maximum Gasteiger partial charge on any atom is 0.254 e. The molecule has 3 aliphatic rings. The van der Waals surface area contributed by atoms with Gasteiger partial charge in [-0.3, -0.25) is 24.4 Å². The Morgan fingerprint density at radius 3 is 2.60 bits per heavy atom. The van der Waals surface area contributed by atoms with E-state index in [2.05, 4.69) is 35.1 Å². The molecule has 2 aromatic heterocycles. The molecule has 1 fully saturated rings. The molecule has 1 aliphatic carbocycles. The van der Waals surface area contributed by atoms with Crippen LogP contribution in [0.4, 0.5) is 5.69 Å². The number of H-pyrrole nitrogens is 2. The Morgan fingerprint density at radius 1 is 0.950 bits per heavy atom. The van der Waals surface area contributed by atoms with Crippen LogP contribution in [-0.4, -0.2) is 44.3 Å². The maximum absolute atomic E-state index is 13.5. The van der Waals surface area contributed by atoms with Crippen molar-refractivity contribution in [1.82, 2.24) is 20.1 Å². The largest absolute Gasteiger partial charge is 0.353 e. The summed E-state index contributed by atoms with van der Waals surface area (Å²) in [6, 6.07) is 13.7. The molecule has 4 heterocycles. The highest BCUT2D eigenvalue weighted by Gasteiger charge is 2.31. The molecule has 8 heteroatoms. The summed E-state index contributed by atoms with van der Waals surface area (Å²) in [6.07, 6.45) is 5.26. The van der Waals surface area contributed by atoms with E-state index in [0.29, 0.717) is 50.0 Å². The lowest BCUT2D eigenvalue weighted by molar-refractivity contribution is -0.129. The van der Waals surface area contributed by atoms with Gasteiger partial charge in [0.1, 0.15) is 5.69 Å². The van der Waals surface area contributed by atoms with Crippen molar-refractivity contribution in [2.24, 2.45) is 5.41 Å². The Bertz CT molecular complexity index is 1680. The zero-order valence-corrected chi connectivity index (χ0v) is 23.0. The number of nitrogens with one attached hydrogen (secondary N) is 2. The molecule has 204 valence electrons. The summed E-state index contributed by atoms with van der Waals surface area (Å²) in [7, 11) is 0. The predicted octanol–water partition coefficient (Wildman–Crippen LogP) is 5.31. The molecule has 3 amide bonds. The Kier molecular flexibility index (Phi) is 5.70. The molecule has 0 saturated carbocycles. The van der Waals surface area contributed by atoms with Crippen LogP contribution in [0, 0.1) is 5.41 Å². The summed E-state index contributed by atoms with van der Waals surface area (Å²) in [5.41, 5.74) is 9.20. The van der Waals surface area contributed by atoms with Crippen molar-refractivity contribution in [2.75, 3.05) is 11.4 Å². The van der Waals surface area contributed by atoms with Gasteiger partial charge in [0, 0.05) is 53.7 Å². The molecule has 8 nitrogen and oxygen atoms in total. The third-order valence-electron chi connectivity index (χ3n) is 8.81. The molecule has 2 N–H and O–H groups in total. The predicted molar refractivity (Wildman–Crippen MR) is 153 cm³/mol. The zero-order chi connectivity index (χ0) is 27.6. The Balaban J connectivity index is 1.10. The number of fused-ring (bicyclic) bond motifs is 3. The van der Waals surface area contributed by atoms with Crippen LogP contribution in [0.2, 0.25) is 0 Å². The number of aromatic amines is 2. The van der Waals surface area contributed by atoms with Gasteiger partial charge in [-0.05, 0) is 85.0 Å². The number of amides is 3. The molecule has 0 atom stereocenters. The van der Waals surface area contributed by atoms with Gasteiger partial charge in [0.2, 0.25) is 11.8 Å². The first kappa shape index (κ1) is 24.8. The highest BCUT2D eigenvalue weighted by molar-refractivity contribution is 6.16. The standard InChI is InChI=1S/C32H33N5O3/c1-32(2)12-10-24-27(17-32)34-35-30(24)26-16-22-14-20(7-9-25(22)33-26)31(40)36-13-11-19-15-23(8-6-21(19)18-36)37-28(38)4-3-5-29(37)39/h6-9,14-16,33H,3-5,10-13,17-18H2,1-2H3,(H,34,35). The van der Waals surface area contributed by atoms with Crippen molar-refractivity contribution in [2.45, 2.75) is 65.3 Å². The number of aromatic nitrogens is 3. The number of nitrogens with zero attached hydrogens (tertiary/aromatic N) is 3. The minimum Gasteiger partial charge on any atom is -0.353 e. The Hall–Kier alpha value is -4.20. The first-order valence-corrected chi connectivity index (χ1v) is 14.2. The van der Waals surface area contributed by atoms with Gasteiger partial charge in [-0.1, -0.05) is 19.9 Å². The van der Waals surface area contributed by atoms with E-state index in [-0.39, 0.29) is 23.1 Å². The number of carbonyl (C=O) groups is 3. The van der Waals surface area contributed by atoms with E-state index in [1.165, 1.54) is 16.2 Å². The quantitative estimate of drug-likeness (QED) is 0.347. The van der Waals surface area contributed by atoms with Crippen LogP contribution in [0.15, 0.2) is 42.5 Å². The van der Waals surface area contributed by atoms with Crippen LogP contribution >= 0.6 is 0 Å². The number of piperidine rings is 1. The molecular weight excluding hydrogens is 502 g/mol. The fourth-order valence-electron chi connectivity index (χ4n) is 6.54. The van der Waals surface area contributed by atoms with Crippen molar-refractivity contribution in [3.63, 3.8) is 0 Å². The van der Waals surface area contributed by atoms with Crippen LogP contribution in [-0.2, 0) is 35.4 Å². The fourth-order valence-corrected chi connectivity index (χ4v) is 6.54. The molecule has 0 bridgehead atoms. The van der Waals surface area contributed by atoms with Crippen LogP contribution in [0.5, 0.6) is 0 Å². The molecule has 0 unspecified atom stereocenters. The lowest BCUT2D eigenvalue weighted by atomic mass is 9.76. The van der Waals surface area contributed by atoms with E-state index in [9.17, 15) is 14.4 Å². The number of anilines is 1. The zero-order valence-electron chi connectivity index (χ0n) is 23.0. The summed E-state index contributed by atoms with van der Waals surface area (Å²) in [4.78, 5) is 45.0. The summed E-state index contributed by atoms with van der Waals surface area (Å²) >= 11 is 0. The highest BCUT2D eigenvalue weighted by Crippen LogP contribution is 2.38. The second-order valence-electron chi connectivity index (χ2n) is 12.3. The summed E-state index contributed by atoms with van der Waals surface area (Å²) in [5.74, 6) is -0.272. The van der Waals surface area contributed by atoms with Crippen LogP contribution < -0.4 is 4.90 Å². The molecule has 1 saturated heterocycles. The molecule has 40 heavy (non-hydrogen) atoms. The Morgan fingerprint density at radius 2 is 1.77 bits per heavy atom. The smallest absolute Gasteiger partial charge is 0.254 e. The second kappa shape index (κ2) is 9.18. The molecule has 2 aliphatic heterocycles. The summed E-state index contributed by atoms with van der Waals surface area (Å²) in [6.45, 7) is 5.69. The topological polar surface area (TPSA) is 102 Å². The maximum atomic E-state index is 13.5. The average molecular weight is 536 g/mol. The number of benzene rings is 2. The van der Waals surface area contributed by atoms with E-state index < -0.39 is 0 Å². The van der Waals surface area contributed by atoms with E-state index in [1.807, 2.05) is 41.3 Å². The van der Waals surface area contributed by atoms with Gasteiger partial charge in [0.25, 0.3) is 5.91 Å². The highest BCUT2D eigenvalue weighted by atomic mass is 16.2. The Labute approximate surface area is 232 Å². The van der Waals surface area contributed by atoms with E-state index in [4.69, 9.17) is 0 Å². The molecule has 4 aromatic rings. The van der Waals surface area contributed by atoms with Crippen molar-refractivity contribution in [3.05, 3.63) is 70.4 Å². The van der Waals surface area contributed by atoms with Crippen LogP contribution in [0.3, 0.4) is 0 Å². The van der Waals surface area contributed by atoms with Gasteiger partial charge in [0.15, 0.2) is 0 Å². The van der Waals surface area contributed by atoms with Gasteiger partial charge in [-0.15, -0.1) is 0 Å². The SMILES string of the molecule is CC1(C)CCc2c(-c3cc4cc(C(=O)N5CCc6cc(N7C(=O)CCCC7=O)ccc6C5)ccc4[nH]3)n[nH]c2C1. The lowest BCUT2D eigenvalue weighted by Crippen LogP contribution is -2.40. The average Bonchev–Trinajstić information content (AvgIpc) is 3.54. The van der Waals surface area contributed by atoms with Gasteiger partial charge < -0.3 is 9.88 Å². The summed E-state index contributed by atoms with van der Waals surface area (Å²) in [5, 5.41) is 8.91. The first-order chi connectivity index (χ1) is 19.3. The van der Waals surface area contributed by atoms with E-state index in [0.717, 1.165) is 52.7 Å². The molecular formula is C32H33N5O3. The van der Waals surface area contributed by atoms with Crippen molar-refractivity contribution in [1.29, 1.82) is 0 Å². The minimum atomic E-state index is -0.136. The van der Waals surface area contributed by atoms with Crippen LogP contribution in [0.25, 0.3) is 22.3 Å². The first-order valence-electron chi connectivity index (χ1n) is 14.2. The fraction of sp³-hybridized carbons (Fsp3) is 0.375. The summed E-state index contributed by atoms with van der Waals surface area (Å²) < 4.78 is 0. The lowest BCUT2D eigenvalue weighted by Gasteiger charge is -2.31.